The molecule has 32 heavy (non-hydrogen) atoms. The lowest BCUT2D eigenvalue weighted by atomic mass is 10.1. The Balaban J connectivity index is 1.76. The van der Waals surface area contributed by atoms with Gasteiger partial charge >= 0.3 is 12.0 Å². The minimum Gasteiger partial charge on any atom is -0.486 e. The molecule has 2 amide bonds. The molecule has 0 saturated heterocycles. The predicted octanol–water partition coefficient (Wildman–Crippen LogP) is 3.13. The van der Waals surface area contributed by atoms with E-state index in [4.69, 9.17) is 9.47 Å². The minimum atomic E-state index is -0.436. The number of thioether (sulfide) groups is 1. The van der Waals surface area contributed by atoms with Crippen LogP contribution >= 0.6 is 11.8 Å². The molecule has 0 saturated carbocycles. The maximum absolute atomic E-state index is 12.3. The Hall–Kier alpha value is -3.01. The number of esters is 1. The van der Waals surface area contributed by atoms with Crippen molar-refractivity contribution in [3.63, 3.8) is 0 Å². The number of amides is 2. The number of hydrogen-bond acceptors (Lipinski definition) is 7. The molecule has 1 aliphatic heterocycles. The number of hydrogen-bond donors (Lipinski definition) is 2. The quantitative estimate of drug-likeness (QED) is 0.393. The van der Waals surface area contributed by atoms with Crippen LogP contribution in [0.5, 0.6) is 5.75 Å². The van der Waals surface area contributed by atoms with Crippen LogP contribution in [-0.4, -0.2) is 45.7 Å². The second-order valence-electron chi connectivity index (χ2n) is 7.61. The highest BCUT2D eigenvalue weighted by atomic mass is 32.2. The first-order chi connectivity index (χ1) is 15.5. The fraction of sp³-hybridized carbons (Fsp3) is 0.455. The zero-order valence-corrected chi connectivity index (χ0v) is 19.4. The monoisotopic (exact) mass is 459 g/mol. The first-order valence-corrected chi connectivity index (χ1v) is 11.6. The first kappa shape index (κ1) is 23.6. The number of nitrogens with one attached hydrogen (secondary N) is 2. The van der Waals surface area contributed by atoms with Gasteiger partial charge in [0.2, 0.25) is 0 Å². The van der Waals surface area contributed by atoms with E-state index >= 15 is 0 Å². The molecule has 10 heteroatoms. The maximum Gasteiger partial charge on any atom is 0.337 e. The van der Waals surface area contributed by atoms with Crippen LogP contribution in [0.1, 0.15) is 33.0 Å². The molecule has 0 atom stereocenters. The summed E-state index contributed by atoms with van der Waals surface area (Å²) < 4.78 is 13.0. The molecule has 2 N–H and O–H groups in total. The van der Waals surface area contributed by atoms with Gasteiger partial charge in [0.15, 0.2) is 11.0 Å². The Kier molecular flexibility index (Phi) is 8.55. The molecular formula is C22H29N5O4S. The van der Waals surface area contributed by atoms with Gasteiger partial charge in [-0.25, -0.2) is 9.59 Å². The number of nitrogens with zero attached hydrogens (tertiary/aromatic N) is 3. The van der Waals surface area contributed by atoms with E-state index in [1.807, 2.05) is 34.9 Å². The SMILES string of the molecule is CCOC(=O)C1=C(CSc2nnc(COc3ccccc3)n2CCC(C)C)NC(=O)NC1. The Bertz CT molecular complexity index is 958. The molecule has 2 heterocycles. The molecular weight excluding hydrogens is 430 g/mol. The highest BCUT2D eigenvalue weighted by Gasteiger charge is 2.24. The van der Waals surface area contributed by atoms with Crippen LogP contribution in [0.3, 0.4) is 0 Å². The summed E-state index contributed by atoms with van der Waals surface area (Å²) in [6.45, 7) is 7.53. The van der Waals surface area contributed by atoms with Crippen molar-refractivity contribution in [1.29, 1.82) is 0 Å². The summed E-state index contributed by atoms with van der Waals surface area (Å²) in [7, 11) is 0. The van der Waals surface area contributed by atoms with Gasteiger partial charge in [-0.3, -0.25) is 0 Å². The number of carbonyl (C=O) groups is 2. The molecule has 0 fully saturated rings. The van der Waals surface area contributed by atoms with Crippen molar-refractivity contribution in [1.82, 2.24) is 25.4 Å². The van der Waals surface area contributed by atoms with E-state index in [-0.39, 0.29) is 19.2 Å². The van der Waals surface area contributed by atoms with E-state index < -0.39 is 5.97 Å². The Morgan fingerprint density at radius 3 is 2.75 bits per heavy atom. The van der Waals surface area contributed by atoms with Gasteiger partial charge < -0.3 is 24.7 Å². The van der Waals surface area contributed by atoms with Crippen LogP contribution < -0.4 is 15.4 Å². The number of ether oxygens (including phenoxy) is 2. The van der Waals surface area contributed by atoms with Crippen molar-refractivity contribution in [2.45, 2.75) is 45.5 Å². The van der Waals surface area contributed by atoms with Crippen molar-refractivity contribution in [3.05, 3.63) is 47.4 Å². The van der Waals surface area contributed by atoms with E-state index in [1.54, 1.807) is 6.92 Å². The van der Waals surface area contributed by atoms with Gasteiger partial charge in [0.05, 0.1) is 18.7 Å². The summed E-state index contributed by atoms with van der Waals surface area (Å²) in [6, 6.07) is 9.23. The second-order valence-corrected chi connectivity index (χ2v) is 8.55. The normalized spacial score (nSPS) is 13.7. The van der Waals surface area contributed by atoms with E-state index in [0.29, 0.717) is 34.7 Å². The summed E-state index contributed by atoms with van der Waals surface area (Å²) in [5.74, 6) is 1.93. The summed E-state index contributed by atoms with van der Waals surface area (Å²) in [4.78, 5) is 24.1. The molecule has 1 aliphatic rings. The van der Waals surface area contributed by atoms with Crippen LogP contribution in [-0.2, 0) is 22.7 Å². The van der Waals surface area contributed by atoms with Gasteiger partial charge in [0.1, 0.15) is 12.4 Å². The average Bonchev–Trinajstić information content (AvgIpc) is 3.17. The Morgan fingerprint density at radius 2 is 2.03 bits per heavy atom. The number of para-hydroxylation sites is 1. The van der Waals surface area contributed by atoms with Gasteiger partial charge in [0, 0.05) is 18.0 Å². The lowest BCUT2D eigenvalue weighted by molar-refractivity contribution is -0.138. The van der Waals surface area contributed by atoms with Crippen LogP contribution in [0.25, 0.3) is 0 Å². The third-order valence-corrected chi connectivity index (χ3v) is 5.75. The van der Waals surface area contributed by atoms with E-state index in [0.717, 1.165) is 24.5 Å². The molecule has 9 nitrogen and oxygen atoms in total. The summed E-state index contributed by atoms with van der Waals surface area (Å²) in [5, 5.41) is 14.7. The lowest BCUT2D eigenvalue weighted by Gasteiger charge is -2.21. The van der Waals surface area contributed by atoms with Crippen molar-refractivity contribution in [2.75, 3.05) is 18.9 Å². The molecule has 0 radical (unpaired) electrons. The molecule has 0 aliphatic carbocycles. The topological polar surface area (TPSA) is 107 Å². The maximum atomic E-state index is 12.3. The van der Waals surface area contributed by atoms with E-state index in [9.17, 15) is 9.59 Å². The number of rotatable bonds is 11. The Labute approximate surface area is 192 Å². The number of benzene rings is 1. The van der Waals surface area contributed by atoms with E-state index in [1.165, 1.54) is 11.8 Å². The lowest BCUT2D eigenvalue weighted by Crippen LogP contribution is -2.44. The van der Waals surface area contributed by atoms with Gasteiger partial charge in [-0.2, -0.15) is 0 Å². The van der Waals surface area contributed by atoms with Crippen LogP contribution in [0, 0.1) is 5.92 Å². The average molecular weight is 460 g/mol. The minimum absolute atomic E-state index is 0.136. The zero-order chi connectivity index (χ0) is 22.9. The predicted molar refractivity (Wildman–Crippen MR) is 121 cm³/mol. The third-order valence-electron chi connectivity index (χ3n) is 4.76. The molecule has 2 aromatic rings. The number of carbonyl (C=O) groups excluding carboxylic acids is 2. The van der Waals surface area contributed by atoms with Gasteiger partial charge in [0.25, 0.3) is 0 Å². The van der Waals surface area contributed by atoms with Gasteiger partial charge in [-0.1, -0.05) is 43.8 Å². The smallest absolute Gasteiger partial charge is 0.337 e. The fourth-order valence-corrected chi connectivity index (χ4v) is 3.99. The summed E-state index contributed by atoms with van der Waals surface area (Å²) in [5.41, 5.74) is 0.942. The van der Waals surface area contributed by atoms with Crippen LogP contribution in [0.15, 0.2) is 46.8 Å². The number of urea groups is 1. The zero-order valence-electron chi connectivity index (χ0n) is 18.6. The standard InChI is InChI=1S/C22H29N5O4S/c1-4-30-20(28)17-12-23-21(29)24-18(17)14-32-22-26-25-19(27(22)11-10-15(2)3)13-31-16-8-6-5-7-9-16/h5-9,15H,4,10-14H2,1-3H3,(H2,23,24,29). The van der Waals surface area contributed by atoms with Crippen molar-refractivity contribution in [2.24, 2.45) is 5.92 Å². The molecule has 0 spiro atoms. The van der Waals surface area contributed by atoms with E-state index in [2.05, 4.69) is 34.7 Å². The van der Waals surface area contributed by atoms with Crippen molar-refractivity contribution >= 4 is 23.8 Å². The fourth-order valence-electron chi connectivity index (χ4n) is 3.01. The first-order valence-electron chi connectivity index (χ1n) is 10.6. The van der Waals surface area contributed by atoms with Crippen molar-refractivity contribution in [3.8, 4) is 5.75 Å². The summed E-state index contributed by atoms with van der Waals surface area (Å²) in [6.07, 6.45) is 0.960. The highest BCUT2D eigenvalue weighted by molar-refractivity contribution is 7.99. The summed E-state index contributed by atoms with van der Waals surface area (Å²) >= 11 is 1.41. The van der Waals surface area contributed by atoms with Crippen LogP contribution in [0.4, 0.5) is 4.79 Å². The molecule has 172 valence electrons. The molecule has 0 bridgehead atoms. The highest BCUT2D eigenvalue weighted by Crippen LogP contribution is 2.23. The van der Waals surface area contributed by atoms with Crippen molar-refractivity contribution < 1.29 is 19.1 Å². The number of aromatic nitrogens is 3. The van der Waals surface area contributed by atoms with Crippen LogP contribution in [0.2, 0.25) is 0 Å². The third kappa shape index (κ3) is 6.49. The largest absolute Gasteiger partial charge is 0.486 e. The molecule has 3 rings (SSSR count). The molecule has 1 aromatic heterocycles. The second kappa shape index (κ2) is 11.6. The van der Waals surface area contributed by atoms with Gasteiger partial charge in [-0.15, -0.1) is 10.2 Å². The Morgan fingerprint density at radius 1 is 1.25 bits per heavy atom. The van der Waals surface area contributed by atoms with Gasteiger partial charge in [-0.05, 0) is 31.4 Å². The molecule has 0 unspecified atom stereocenters. The molecule has 1 aromatic carbocycles.